The van der Waals surface area contributed by atoms with Crippen molar-refractivity contribution in [2.24, 2.45) is 0 Å². The minimum atomic E-state index is -0.893. The average Bonchev–Trinajstić information content (AvgIpc) is 2.76. The van der Waals surface area contributed by atoms with Crippen LogP contribution in [-0.4, -0.2) is 45.5 Å². The van der Waals surface area contributed by atoms with Crippen molar-refractivity contribution in [3.05, 3.63) is 65.2 Å². The normalized spacial score (nSPS) is 10.8. The monoisotopic (exact) mass is 398 g/mol. The van der Waals surface area contributed by atoms with Gasteiger partial charge in [0, 0.05) is 17.2 Å². The van der Waals surface area contributed by atoms with Gasteiger partial charge in [0.15, 0.2) is 17.3 Å². The first-order valence-electron chi connectivity index (χ1n) is 8.79. The van der Waals surface area contributed by atoms with Crippen molar-refractivity contribution >= 4 is 17.5 Å². The fraction of sp³-hybridized carbons (Fsp3) is 0.227. The lowest BCUT2D eigenvalue weighted by atomic mass is 9.99. The first-order valence-corrected chi connectivity index (χ1v) is 8.79. The third kappa shape index (κ3) is 5.01. The zero-order valence-corrected chi connectivity index (χ0v) is 16.7. The molecule has 7 heteroatoms. The Morgan fingerprint density at radius 1 is 0.862 bits per heavy atom. The number of Topliss-reactive ketones (excluding diaryl/α,β-unsaturated/α-hetero) is 1. The summed E-state index contributed by atoms with van der Waals surface area (Å²) in [6.45, 7) is 1.66. The molecule has 0 fully saturated rings. The van der Waals surface area contributed by atoms with E-state index < -0.39 is 23.1 Å². The molecular formula is C22H22O7. The van der Waals surface area contributed by atoms with Crippen LogP contribution in [0.2, 0.25) is 0 Å². The third-order valence-electron chi connectivity index (χ3n) is 4.00. The number of ether oxygens (including phenoxy) is 4. The van der Waals surface area contributed by atoms with Crippen molar-refractivity contribution < 1.29 is 33.3 Å². The van der Waals surface area contributed by atoms with E-state index in [9.17, 15) is 14.4 Å². The molecule has 0 radical (unpaired) electrons. The Morgan fingerprint density at radius 3 is 1.93 bits per heavy atom. The Morgan fingerprint density at radius 2 is 1.45 bits per heavy atom. The molecule has 0 saturated heterocycles. The molecule has 0 saturated carbocycles. The first kappa shape index (κ1) is 21.7. The molecule has 0 heterocycles. The summed E-state index contributed by atoms with van der Waals surface area (Å²) in [7, 11) is 4.25. The molecule has 2 aromatic carbocycles. The lowest BCUT2D eigenvalue weighted by Gasteiger charge is -2.14. The Hall–Kier alpha value is -3.61. The van der Waals surface area contributed by atoms with Crippen LogP contribution in [-0.2, 0) is 9.53 Å². The number of ketones is 2. The number of carbonyl (C=O) groups excluding carboxylic acids is 3. The fourth-order valence-corrected chi connectivity index (χ4v) is 2.61. The maximum atomic E-state index is 13.1. The van der Waals surface area contributed by atoms with Crippen LogP contribution in [0.25, 0.3) is 0 Å². The van der Waals surface area contributed by atoms with Crippen LogP contribution in [0, 0.1) is 0 Å². The van der Waals surface area contributed by atoms with E-state index in [1.807, 2.05) is 0 Å². The SMILES string of the molecule is CCOC(=O)/C(=C\C(=O)c1ccccc1)C(=O)c1cc(OC)c(OC)c(OC)c1. The molecule has 0 N–H and O–H groups in total. The van der Waals surface area contributed by atoms with Crippen molar-refractivity contribution in [2.45, 2.75) is 6.92 Å². The summed E-state index contributed by atoms with van der Waals surface area (Å²) < 4.78 is 20.7. The summed E-state index contributed by atoms with van der Waals surface area (Å²) in [5.41, 5.74) is 0.0293. The molecule has 0 aliphatic carbocycles. The van der Waals surface area contributed by atoms with Crippen LogP contribution in [0.3, 0.4) is 0 Å². The number of carbonyl (C=O) groups is 3. The van der Waals surface area contributed by atoms with E-state index in [2.05, 4.69) is 0 Å². The van der Waals surface area contributed by atoms with Gasteiger partial charge in [0.1, 0.15) is 5.57 Å². The van der Waals surface area contributed by atoms with Gasteiger partial charge in [-0.2, -0.15) is 0 Å². The van der Waals surface area contributed by atoms with Gasteiger partial charge in [0.25, 0.3) is 0 Å². The molecule has 152 valence electrons. The predicted molar refractivity (Wildman–Crippen MR) is 106 cm³/mol. The maximum Gasteiger partial charge on any atom is 0.342 e. The number of hydrogen-bond donors (Lipinski definition) is 0. The highest BCUT2D eigenvalue weighted by atomic mass is 16.5. The van der Waals surface area contributed by atoms with E-state index in [0.717, 1.165) is 6.08 Å². The molecule has 0 bridgehead atoms. The summed E-state index contributed by atoms with van der Waals surface area (Å²) in [6.07, 6.45) is 0.985. The number of methoxy groups -OCH3 is 3. The molecule has 0 aliphatic heterocycles. The first-order chi connectivity index (χ1) is 14.0. The lowest BCUT2D eigenvalue weighted by Crippen LogP contribution is -2.18. The van der Waals surface area contributed by atoms with Crippen molar-refractivity contribution in [1.29, 1.82) is 0 Å². The van der Waals surface area contributed by atoms with E-state index >= 15 is 0 Å². The molecule has 0 spiro atoms. The maximum absolute atomic E-state index is 13.1. The third-order valence-corrected chi connectivity index (χ3v) is 4.00. The summed E-state index contributed by atoms with van der Waals surface area (Å²) in [4.78, 5) is 38.0. The minimum absolute atomic E-state index is 0.0538. The highest BCUT2D eigenvalue weighted by Crippen LogP contribution is 2.38. The second-order valence-corrected chi connectivity index (χ2v) is 5.75. The zero-order chi connectivity index (χ0) is 21.4. The smallest absolute Gasteiger partial charge is 0.342 e. The van der Waals surface area contributed by atoms with Gasteiger partial charge in [0.2, 0.25) is 11.5 Å². The Labute approximate surface area is 168 Å². The fourth-order valence-electron chi connectivity index (χ4n) is 2.61. The molecule has 2 rings (SSSR count). The molecule has 0 atom stereocenters. The van der Waals surface area contributed by atoms with Crippen molar-refractivity contribution in [1.82, 2.24) is 0 Å². The van der Waals surface area contributed by atoms with Crippen LogP contribution in [0.5, 0.6) is 17.2 Å². The highest BCUT2D eigenvalue weighted by Gasteiger charge is 2.25. The molecule has 0 unspecified atom stereocenters. The van der Waals surface area contributed by atoms with Crippen molar-refractivity contribution in [3.8, 4) is 17.2 Å². The zero-order valence-electron chi connectivity index (χ0n) is 16.7. The van der Waals surface area contributed by atoms with Gasteiger partial charge in [-0.1, -0.05) is 30.3 Å². The Balaban J connectivity index is 2.54. The summed E-state index contributed by atoms with van der Waals surface area (Å²) in [5.74, 6) is -1.30. The van der Waals surface area contributed by atoms with Crippen LogP contribution in [0.15, 0.2) is 54.1 Å². The van der Waals surface area contributed by atoms with Gasteiger partial charge in [-0.05, 0) is 19.1 Å². The van der Waals surface area contributed by atoms with E-state index in [1.54, 1.807) is 37.3 Å². The highest BCUT2D eigenvalue weighted by molar-refractivity contribution is 6.27. The van der Waals surface area contributed by atoms with Gasteiger partial charge < -0.3 is 18.9 Å². The predicted octanol–water partition coefficient (Wildman–Crippen LogP) is 3.27. The number of allylic oxidation sites excluding steroid dienone is 1. The molecule has 2 aromatic rings. The quantitative estimate of drug-likeness (QED) is 0.211. The van der Waals surface area contributed by atoms with Crippen LogP contribution >= 0.6 is 0 Å². The van der Waals surface area contributed by atoms with Gasteiger partial charge in [-0.25, -0.2) is 4.79 Å². The van der Waals surface area contributed by atoms with Crippen LogP contribution in [0.4, 0.5) is 0 Å². The largest absolute Gasteiger partial charge is 0.493 e. The van der Waals surface area contributed by atoms with Crippen molar-refractivity contribution in [3.63, 3.8) is 0 Å². The molecule has 0 aliphatic rings. The standard InChI is InChI=1S/C22H22O7/c1-5-29-22(25)16(13-17(23)14-9-7-6-8-10-14)20(24)15-11-18(26-2)21(28-4)19(12-15)27-3/h6-13H,5H2,1-4H3/b16-13-. The van der Waals surface area contributed by atoms with E-state index in [4.69, 9.17) is 18.9 Å². The molecular weight excluding hydrogens is 376 g/mol. The minimum Gasteiger partial charge on any atom is -0.493 e. The summed E-state index contributed by atoms with van der Waals surface area (Å²) >= 11 is 0. The van der Waals surface area contributed by atoms with Crippen LogP contribution < -0.4 is 14.2 Å². The number of benzene rings is 2. The van der Waals surface area contributed by atoms with Gasteiger partial charge in [-0.15, -0.1) is 0 Å². The van der Waals surface area contributed by atoms with Crippen LogP contribution in [0.1, 0.15) is 27.6 Å². The Kier molecular flexibility index (Phi) is 7.54. The van der Waals surface area contributed by atoms with Gasteiger partial charge >= 0.3 is 5.97 Å². The summed E-state index contributed by atoms with van der Waals surface area (Å²) in [5, 5.41) is 0. The second kappa shape index (κ2) is 10.1. The van der Waals surface area contributed by atoms with Gasteiger partial charge in [-0.3, -0.25) is 9.59 Å². The Bertz CT molecular complexity index is 904. The average molecular weight is 398 g/mol. The molecule has 0 amide bonds. The number of esters is 1. The van der Waals surface area contributed by atoms with E-state index in [-0.39, 0.29) is 23.7 Å². The number of hydrogen-bond acceptors (Lipinski definition) is 7. The van der Waals surface area contributed by atoms with Gasteiger partial charge in [0.05, 0.1) is 27.9 Å². The topological polar surface area (TPSA) is 88.1 Å². The summed E-state index contributed by atoms with van der Waals surface area (Å²) in [6, 6.07) is 11.1. The van der Waals surface area contributed by atoms with Crippen molar-refractivity contribution in [2.75, 3.05) is 27.9 Å². The molecule has 7 nitrogen and oxygen atoms in total. The number of rotatable bonds is 9. The molecule has 0 aromatic heterocycles. The van der Waals surface area contributed by atoms with E-state index in [0.29, 0.717) is 11.3 Å². The second-order valence-electron chi connectivity index (χ2n) is 5.75. The lowest BCUT2D eigenvalue weighted by molar-refractivity contribution is -0.138. The van der Waals surface area contributed by atoms with E-state index in [1.165, 1.54) is 33.5 Å². The molecule has 29 heavy (non-hydrogen) atoms.